The van der Waals surface area contributed by atoms with Crippen molar-refractivity contribution >= 4 is 0 Å². The lowest BCUT2D eigenvalue weighted by molar-refractivity contribution is 0.308. The van der Waals surface area contributed by atoms with Gasteiger partial charge in [-0.2, -0.15) is 0 Å². The van der Waals surface area contributed by atoms with E-state index in [-0.39, 0.29) is 5.41 Å². The quantitative estimate of drug-likeness (QED) is 0.897. The lowest BCUT2D eigenvalue weighted by atomic mass is 9.91. The van der Waals surface area contributed by atoms with Gasteiger partial charge in [-0.3, -0.25) is 0 Å². The summed E-state index contributed by atoms with van der Waals surface area (Å²) in [4.78, 5) is 5.05. The molecule has 3 unspecified atom stereocenters. The van der Waals surface area contributed by atoms with Crippen molar-refractivity contribution in [3.8, 4) is 0 Å². The van der Waals surface area contributed by atoms with Gasteiger partial charge in [0.25, 0.3) is 0 Å². The van der Waals surface area contributed by atoms with Gasteiger partial charge in [-0.15, -0.1) is 0 Å². The van der Waals surface area contributed by atoms with Crippen LogP contribution in [0.1, 0.15) is 77.1 Å². The molecular weight excluding hydrogens is 258 g/mol. The fourth-order valence-electron chi connectivity index (χ4n) is 4.38. The van der Waals surface area contributed by atoms with Gasteiger partial charge in [0.05, 0.1) is 5.69 Å². The lowest BCUT2D eigenvalue weighted by Crippen LogP contribution is -2.28. The van der Waals surface area contributed by atoms with Crippen LogP contribution in [-0.4, -0.2) is 16.1 Å². The summed E-state index contributed by atoms with van der Waals surface area (Å²) in [6, 6.07) is 0.665. The number of hydrogen-bond donors (Lipinski definition) is 1. The second-order valence-corrected chi connectivity index (χ2v) is 8.05. The van der Waals surface area contributed by atoms with E-state index >= 15 is 0 Å². The molecule has 0 bridgehead atoms. The maximum absolute atomic E-state index is 5.05. The van der Waals surface area contributed by atoms with E-state index in [0.29, 0.717) is 6.04 Å². The first-order valence-electron chi connectivity index (χ1n) is 8.74. The van der Waals surface area contributed by atoms with Gasteiger partial charge >= 0.3 is 0 Å². The van der Waals surface area contributed by atoms with Gasteiger partial charge in [0, 0.05) is 36.7 Å². The number of rotatable bonds is 2. The third-order valence-corrected chi connectivity index (χ3v) is 5.63. The monoisotopic (exact) mass is 289 g/mol. The van der Waals surface area contributed by atoms with E-state index in [1.54, 1.807) is 0 Å². The second-order valence-electron chi connectivity index (χ2n) is 8.05. The summed E-state index contributed by atoms with van der Waals surface area (Å²) in [5.74, 6) is 2.98. The Kier molecular flexibility index (Phi) is 3.89. The minimum atomic E-state index is 0.126. The topological polar surface area (TPSA) is 29.9 Å². The molecule has 1 aliphatic carbocycles. The van der Waals surface area contributed by atoms with Crippen molar-refractivity contribution in [1.82, 2.24) is 14.9 Å². The fourth-order valence-corrected chi connectivity index (χ4v) is 4.38. The molecule has 2 aliphatic rings. The van der Waals surface area contributed by atoms with E-state index in [9.17, 15) is 0 Å². The molecule has 1 saturated carbocycles. The smallest absolute Gasteiger partial charge is 0.114 e. The molecule has 1 fully saturated rings. The Morgan fingerprint density at radius 2 is 2.05 bits per heavy atom. The standard InChI is InChI=1S/C18H31N3/c1-6-13-7-8-15(12(13)2)21-16-9-10-19-11-14(16)20-17(21)18(3,4)5/h12-13,15,19H,6-11H2,1-5H3. The average molecular weight is 289 g/mol. The average Bonchev–Trinajstić information content (AvgIpc) is 2.98. The summed E-state index contributed by atoms with van der Waals surface area (Å²) in [7, 11) is 0. The van der Waals surface area contributed by atoms with E-state index in [0.717, 1.165) is 31.3 Å². The van der Waals surface area contributed by atoms with Crippen molar-refractivity contribution in [2.45, 2.75) is 78.3 Å². The minimum absolute atomic E-state index is 0.126. The molecule has 2 heterocycles. The number of hydrogen-bond acceptors (Lipinski definition) is 2. The summed E-state index contributed by atoms with van der Waals surface area (Å²) in [6.45, 7) is 13.8. The summed E-state index contributed by atoms with van der Waals surface area (Å²) in [6.07, 6.45) is 5.18. The highest BCUT2D eigenvalue weighted by Gasteiger charge is 2.38. The molecule has 0 spiro atoms. The van der Waals surface area contributed by atoms with Gasteiger partial charge in [-0.05, 0) is 24.7 Å². The molecule has 0 amide bonds. The van der Waals surface area contributed by atoms with Gasteiger partial charge < -0.3 is 9.88 Å². The maximum atomic E-state index is 5.05. The van der Waals surface area contributed by atoms with Crippen molar-refractivity contribution in [1.29, 1.82) is 0 Å². The van der Waals surface area contributed by atoms with Crippen molar-refractivity contribution in [2.24, 2.45) is 11.8 Å². The zero-order valence-corrected chi connectivity index (χ0v) is 14.4. The SMILES string of the molecule is CCC1CCC(n2c(C(C)(C)C)nc3c2CCNC3)C1C. The van der Waals surface area contributed by atoms with Crippen LogP contribution >= 0.6 is 0 Å². The van der Waals surface area contributed by atoms with Crippen molar-refractivity contribution in [3.05, 3.63) is 17.2 Å². The molecule has 3 heteroatoms. The van der Waals surface area contributed by atoms with Crippen molar-refractivity contribution < 1.29 is 0 Å². The van der Waals surface area contributed by atoms with Crippen LogP contribution in [0.2, 0.25) is 0 Å². The lowest BCUT2D eigenvalue weighted by Gasteiger charge is -2.29. The summed E-state index contributed by atoms with van der Waals surface area (Å²) in [5, 5.41) is 3.48. The van der Waals surface area contributed by atoms with E-state index in [1.165, 1.54) is 36.5 Å². The molecule has 118 valence electrons. The van der Waals surface area contributed by atoms with Crippen molar-refractivity contribution in [3.63, 3.8) is 0 Å². The Bertz CT molecular complexity index is 509. The maximum Gasteiger partial charge on any atom is 0.114 e. The normalized spacial score (nSPS) is 29.7. The van der Waals surface area contributed by atoms with Crippen LogP contribution < -0.4 is 5.32 Å². The first-order valence-corrected chi connectivity index (χ1v) is 8.74. The molecule has 0 saturated heterocycles. The van der Waals surface area contributed by atoms with Gasteiger partial charge in [-0.25, -0.2) is 4.98 Å². The molecule has 21 heavy (non-hydrogen) atoms. The highest BCUT2D eigenvalue weighted by Crippen LogP contribution is 2.44. The first-order chi connectivity index (χ1) is 9.93. The summed E-state index contributed by atoms with van der Waals surface area (Å²) < 4.78 is 2.66. The zero-order chi connectivity index (χ0) is 15.2. The number of imidazole rings is 1. The van der Waals surface area contributed by atoms with Crippen LogP contribution in [0.15, 0.2) is 0 Å². The highest BCUT2D eigenvalue weighted by molar-refractivity contribution is 5.25. The van der Waals surface area contributed by atoms with Gasteiger partial charge in [0.2, 0.25) is 0 Å². The van der Waals surface area contributed by atoms with Crippen LogP contribution in [0.5, 0.6) is 0 Å². The Balaban J connectivity index is 2.06. The molecule has 3 nitrogen and oxygen atoms in total. The van der Waals surface area contributed by atoms with Crippen LogP contribution in [0.3, 0.4) is 0 Å². The third-order valence-electron chi connectivity index (χ3n) is 5.63. The predicted molar refractivity (Wildman–Crippen MR) is 87.6 cm³/mol. The van der Waals surface area contributed by atoms with E-state index in [4.69, 9.17) is 4.98 Å². The number of aromatic nitrogens is 2. The van der Waals surface area contributed by atoms with Gasteiger partial charge in [0.1, 0.15) is 5.82 Å². The summed E-state index contributed by atoms with van der Waals surface area (Å²) >= 11 is 0. The van der Waals surface area contributed by atoms with Gasteiger partial charge in [0.15, 0.2) is 0 Å². The molecule has 0 aromatic carbocycles. The van der Waals surface area contributed by atoms with Crippen LogP contribution in [0.4, 0.5) is 0 Å². The minimum Gasteiger partial charge on any atom is -0.328 e. The molecule has 1 aromatic heterocycles. The van der Waals surface area contributed by atoms with Crippen LogP contribution in [0, 0.1) is 11.8 Å². The molecule has 1 aromatic rings. The molecular formula is C18H31N3. The number of nitrogens with one attached hydrogen (secondary N) is 1. The second kappa shape index (κ2) is 5.42. The van der Waals surface area contributed by atoms with Crippen molar-refractivity contribution in [2.75, 3.05) is 6.54 Å². The fraction of sp³-hybridized carbons (Fsp3) is 0.833. The van der Waals surface area contributed by atoms with Crippen LogP contribution in [-0.2, 0) is 18.4 Å². The number of fused-ring (bicyclic) bond motifs is 1. The molecule has 0 radical (unpaired) electrons. The van der Waals surface area contributed by atoms with E-state index < -0.39 is 0 Å². The van der Waals surface area contributed by atoms with Gasteiger partial charge in [-0.1, -0.05) is 41.0 Å². The van der Waals surface area contributed by atoms with E-state index in [1.807, 2.05) is 0 Å². The summed E-state index contributed by atoms with van der Waals surface area (Å²) in [5.41, 5.74) is 2.95. The van der Waals surface area contributed by atoms with Crippen LogP contribution in [0.25, 0.3) is 0 Å². The molecule has 1 N–H and O–H groups in total. The Morgan fingerprint density at radius 1 is 1.29 bits per heavy atom. The third kappa shape index (κ3) is 2.54. The zero-order valence-electron chi connectivity index (χ0n) is 14.4. The van der Waals surface area contributed by atoms with E-state index in [2.05, 4.69) is 44.5 Å². The molecule has 1 aliphatic heterocycles. The molecule has 3 atom stereocenters. The highest BCUT2D eigenvalue weighted by atomic mass is 15.2. The Morgan fingerprint density at radius 3 is 2.67 bits per heavy atom. The molecule has 3 rings (SSSR count). The number of nitrogens with zero attached hydrogens (tertiary/aromatic N) is 2. The largest absolute Gasteiger partial charge is 0.328 e. The Labute approximate surface area is 129 Å². The predicted octanol–water partition coefficient (Wildman–Crippen LogP) is 3.82. The Hall–Kier alpha value is -0.830. The first kappa shape index (κ1) is 15.1.